The number of imidazole rings is 1. The Morgan fingerprint density at radius 2 is 2.19 bits per heavy atom. The molecule has 0 fully saturated rings. The number of aromatic nitrogens is 5. The average Bonchev–Trinajstić information content (AvgIpc) is 3.00. The van der Waals surface area contributed by atoms with E-state index in [4.69, 9.17) is 10.8 Å². The Hall–Kier alpha value is -2.62. The fourth-order valence-corrected chi connectivity index (χ4v) is 3.10. The van der Waals surface area contributed by atoms with E-state index in [0.29, 0.717) is 16.9 Å². The second kappa shape index (κ2) is 7.32. The molecule has 0 bridgehead atoms. The molecule has 26 heavy (non-hydrogen) atoms. The number of hydrogen-bond donors (Lipinski definition) is 3. The molecule has 3 rings (SSSR count). The molecule has 3 heterocycles. The number of unbranched alkanes of at least 4 members (excludes halogenated alkanes) is 2. The highest BCUT2D eigenvalue weighted by molar-refractivity contribution is 9.10. The Morgan fingerprint density at radius 3 is 2.88 bits per heavy atom. The summed E-state index contributed by atoms with van der Waals surface area (Å²) in [6.07, 6.45) is 5.05. The van der Waals surface area contributed by atoms with Gasteiger partial charge in [-0.1, -0.05) is 19.8 Å². The topological polar surface area (TPSA) is 116 Å². The minimum Gasteiger partial charge on any atom is -0.327 e. The number of fused-ring (bicyclic) bond motifs is 1. The van der Waals surface area contributed by atoms with Crippen molar-refractivity contribution < 1.29 is 4.39 Å². The number of halogens is 2. The Morgan fingerprint density at radius 1 is 1.42 bits per heavy atom. The van der Waals surface area contributed by atoms with E-state index in [2.05, 4.69) is 37.8 Å². The monoisotopic (exact) mass is 421 g/mol. The van der Waals surface area contributed by atoms with E-state index >= 15 is 0 Å². The number of nitrogens with one attached hydrogen (secondary N) is 3. The standard InChI is InChI=1S/C16H17BrFN7O/c1-2-3-4-7-24-13-11(22-15(17)23-13)14(26)25(16(24)20)12(19)9-5-6-21-8-10(9)18/h5-6,8,19-20H,2-4,7H2,1H3,(H,22,23). The summed E-state index contributed by atoms with van der Waals surface area (Å²) >= 11 is 3.21. The van der Waals surface area contributed by atoms with Gasteiger partial charge in [0.25, 0.3) is 5.56 Å². The lowest BCUT2D eigenvalue weighted by molar-refractivity contribution is 0.566. The Bertz CT molecular complexity index is 1100. The Kier molecular flexibility index (Phi) is 5.12. The number of pyridine rings is 1. The maximum Gasteiger partial charge on any atom is 0.286 e. The summed E-state index contributed by atoms with van der Waals surface area (Å²) in [4.78, 5) is 23.5. The summed E-state index contributed by atoms with van der Waals surface area (Å²) in [5, 5.41) is 16.7. The van der Waals surface area contributed by atoms with Gasteiger partial charge in [0.05, 0.1) is 11.8 Å². The molecule has 3 aromatic rings. The van der Waals surface area contributed by atoms with E-state index in [1.54, 1.807) is 4.57 Å². The molecule has 0 atom stereocenters. The number of hydrogen-bond acceptors (Lipinski definition) is 5. The van der Waals surface area contributed by atoms with Gasteiger partial charge in [-0.2, -0.15) is 0 Å². The molecule has 0 amide bonds. The van der Waals surface area contributed by atoms with Gasteiger partial charge >= 0.3 is 0 Å². The Balaban J connectivity index is 2.25. The number of rotatable bonds is 5. The molecule has 3 N–H and O–H groups in total. The minimum absolute atomic E-state index is 0.103. The van der Waals surface area contributed by atoms with E-state index in [0.717, 1.165) is 30.0 Å². The minimum atomic E-state index is -0.729. The summed E-state index contributed by atoms with van der Waals surface area (Å²) in [6, 6.07) is 1.30. The van der Waals surface area contributed by atoms with Crippen LogP contribution in [0.4, 0.5) is 4.39 Å². The van der Waals surface area contributed by atoms with Crippen molar-refractivity contribution in [3.63, 3.8) is 0 Å². The summed E-state index contributed by atoms with van der Waals surface area (Å²) in [5.74, 6) is -1.15. The van der Waals surface area contributed by atoms with Crippen LogP contribution in [0.15, 0.2) is 28.0 Å². The van der Waals surface area contributed by atoms with Crippen LogP contribution < -0.4 is 11.2 Å². The fourth-order valence-electron chi connectivity index (χ4n) is 2.74. The van der Waals surface area contributed by atoms with Crippen molar-refractivity contribution in [2.75, 3.05) is 0 Å². The van der Waals surface area contributed by atoms with Crippen molar-refractivity contribution in [2.45, 2.75) is 32.7 Å². The lowest BCUT2D eigenvalue weighted by Gasteiger charge is -2.14. The van der Waals surface area contributed by atoms with Crippen molar-refractivity contribution in [2.24, 2.45) is 0 Å². The molecule has 0 saturated heterocycles. The van der Waals surface area contributed by atoms with Gasteiger partial charge in [-0.05, 0) is 28.4 Å². The Labute approximate surface area is 155 Å². The van der Waals surface area contributed by atoms with Gasteiger partial charge in [0.2, 0.25) is 5.62 Å². The molecular formula is C16H17BrFN7O. The number of nitrogens with zero attached hydrogens (tertiary/aromatic N) is 4. The third-order valence-electron chi connectivity index (χ3n) is 4.03. The van der Waals surface area contributed by atoms with Crippen LogP contribution in [0, 0.1) is 16.6 Å². The van der Waals surface area contributed by atoms with Crippen molar-refractivity contribution in [1.29, 1.82) is 10.8 Å². The van der Waals surface area contributed by atoms with Crippen LogP contribution in [0.25, 0.3) is 11.2 Å². The lowest BCUT2D eigenvalue weighted by atomic mass is 10.2. The predicted molar refractivity (Wildman–Crippen MR) is 97.8 cm³/mol. The quantitative estimate of drug-likeness (QED) is 0.254. The molecule has 136 valence electrons. The van der Waals surface area contributed by atoms with Gasteiger partial charge < -0.3 is 4.98 Å². The molecule has 0 aromatic carbocycles. The second-order valence-corrected chi connectivity index (χ2v) is 6.50. The molecule has 0 aliphatic carbocycles. The largest absolute Gasteiger partial charge is 0.327 e. The molecule has 0 spiro atoms. The van der Waals surface area contributed by atoms with E-state index in [9.17, 15) is 9.18 Å². The highest BCUT2D eigenvalue weighted by atomic mass is 79.9. The van der Waals surface area contributed by atoms with E-state index in [1.807, 2.05) is 0 Å². The highest BCUT2D eigenvalue weighted by Gasteiger charge is 2.19. The number of aromatic amines is 1. The maximum absolute atomic E-state index is 14.0. The smallest absolute Gasteiger partial charge is 0.286 e. The van der Waals surface area contributed by atoms with Crippen LogP contribution in [-0.4, -0.2) is 29.9 Å². The molecule has 0 aliphatic heterocycles. The van der Waals surface area contributed by atoms with Crippen LogP contribution in [0.3, 0.4) is 0 Å². The zero-order valence-corrected chi connectivity index (χ0v) is 15.6. The van der Waals surface area contributed by atoms with Gasteiger partial charge in [-0.3, -0.25) is 25.2 Å². The summed E-state index contributed by atoms with van der Waals surface area (Å²) in [5.41, 5.74) is -0.463. The van der Waals surface area contributed by atoms with Crippen molar-refractivity contribution in [3.05, 3.63) is 50.5 Å². The van der Waals surface area contributed by atoms with Crippen LogP contribution in [0.2, 0.25) is 0 Å². The first-order valence-corrected chi connectivity index (χ1v) is 8.89. The average molecular weight is 422 g/mol. The second-order valence-electron chi connectivity index (χ2n) is 5.75. The highest BCUT2D eigenvalue weighted by Crippen LogP contribution is 2.12. The zero-order chi connectivity index (χ0) is 18.8. The van der Waals surface area contributed by atoms with Crippen LogP contribution in [-0.2, 0) is 6.54 Å². The lowest BCUT2D eigenvalue weighted by Crippen LogP contribution is -2.44. The molecule has 10 heteroatoms. The molecule has 0 saturated carbocycles. The van der Waals surface area contributed by atoms with E-state index in [1.165, 1.54) is 12.3 Å². The van der Waals surface area contributed by atoms with Crippen LogP contribution in [0.5, 0.6) is 0 Å². The van der Waals surface area contributed by atoms with Crippen LogP contribution >= 0.6 is 15.9 Å². The third kappa shape index (κ3) is 3.12. The summed E-state index contributed by atoms with van der Waals surface area (Å²) in [6.45, 7) is 2.53. The van der Waals surface area contributed by atoms with Crippen molar-refractivity contribution in [3.8, 4) is 0 Å². The third-order valence-corrected chi connectivity index (χ3v) is 4.41. The summed E-state index contributed by atoms with van der Waals surface area (Å²) in [7, 11) is 0. The normalized spacial score (nSPS) is 11.2. The predicted octanol–water partition coefficient (Wildman–Crippen LogP) is 2.37. The molecule has 0 aliphatic rings. The summed E-state index contributed by atoms with van der Waals surface area (Å²) < 4.78 is 16.8. The van der Waals surface area contributed by atoms with Gasteiger partial charge in [-0.25, -0.2) is 13.9 Å². The van der Waals surface area contributed by atoms with Gasteiger partial charge in [0.15, 0.2) is 21.7 Å². The van der Waals surface area contributed by atoms with Crippen molar-refractivity contribution >= 4 is 32.9 Å². The molecule has 0 unspecified atom stereocenters. The van der Waals surface area contributed by atoms with Gasteiger partial charge in [0.1, 0.15) is 5.84 Å². The number of H-pyrrole nitrogens is 1. The molecular weight excluding hydrogens is 405 g/mol. The first-order valence-electron chi connectivity index (χ1n) is 8.10. The zero-order valence-electron chi connectivity index (χ0n) is 14.0. The van der Waals surface area contributed by atoms with E-state index < -0.39 is 17.2 Å². The first kappa shape index (κ1) is 18.2. The van der Waals surface area contributed by atoms with Crippen LogP contribution in [0.1, 0.15) is 31.7 Å². The molecule has 8 nitrogen and oxygen atoms in total. The fraction of sp³-hybridized carbons (Fsp3) is 0.312. The molecule has 0 radical (unpaired) electrons. The van der Waals surface area contributed by atoms with Crippen molar-refractivity contribution in [1.82, 2.24) is 24.1 Å². The first-order chi connectivity index (χ1) is 12.5. The SMILES string of the molecule is CCCCCn1c(=N)n(C(=N)c2ccncc2F)c(=O)c2[nH]c(Br)nc21. The maximum atomic E-state index is 14.0. The molecule has 3 aromatic heterocycles. The number of aryl methyl sites for hydroxylation is 1. The van der Waals surface area contributed by atoms with E-state index in [-0.39, 0.29) is 16.7 Å². The van der Waals surface area contributed by atoms with Gasteiger partial charge in [-0.15, -0.1) is 0 Å². The van der Waals surface area contributed by atoms with Gasteiger partial charge in [0, 0.05) is 12.7 Å².